The van der Waals surface area contributed by atoms with E-state index in [-0.39, 0.29) is 5.91 Å². The second kappa shape index (κ2) is 7.20. The normalized spacial score (nSPS) is 10.4. The first-order chi connectivity index (χ1) is 9.70. The number of nitrogens with one attached hydrogen (secondary N) is 2. The maximum Gasteiger partial charge on any atom is 0.242 e. The Labute approximate surface area is 125 Å². The minimum atomic E-state index is 0.00873. The molecule has 0 bridgehead atoms. The number of aromatic amines is 1. The molecule has 20 heavy (non-hydrogen) atoms. The van der Waals surface area contributed by atoms with Crippen LogP contribution in [0.1, 0.15) is 13.3 Å². The fraction of sp³-hybridized carbons (Fsp3) is 0.333. The van der Waals surface area contributed by atoms with Crippen molar-refractivity contribution in [1.29, 1.82) is 0 Å². The molecular weight excluding hydrogens is 294 g/mol. The van der Waals surface area contributed by atoms with Crippen molar-refractivity contribution in [2.75, 3.05) is 16.8 Å². The van der Waals surface area contributed by atoms with Crippen LogP contribution in [0.5, 0.6) is 0 Å². The second-order valence-electron chi connectivity index (χ2n) is 3.96. The van der Waals surface area contributed by atoms with E-state index in [2.05, 4.69) is 27.8 Å². The van der Waals surface area contributed by atoms with Gasteiger partial charge in [0.2, 0.25) is 10.7 Å². The molecule has 0 aliphatic rings. The van der Waals surface area contributed by atoms with Crippen molar-refractivity contribution < 1.29 is 4.79 Å². The minimum Gasteiger partial charge on any atom is -0.326 e. The lowest BCUT2D eigenvalue weighted by atomic mass is 10.2. The van der Waals surface area contributed by atoms with Crippen LogP contribution in [0, 0.1) is 4.77 Å². The van der Waals surface area contributed by atoms with Gasteiger partial charge in [-0.1, -0.05) is 23.3 Å². The van der Waals surface area contributed by atoms with Crippen molar-refractivity contribution in [1.82, 2.24) is 20.2 Å². The average molecular weight is 309 g/mol. The van der Waals surface area contributed by atoms with Crippen LogP contribution in [-0.4, -0.2) is 37.6 Å². The van der Waals surface area contributed by atoms with Gasteiger partial charge in [-0.2, -0.15) is 17.0 Å². The SMILES string of the molecule is CCSCCC(=O)Nc1cccc(-n2[nH]nnc2=S)c1. The van der Waals surface area contributed by atoms with E-state index in [1.807, 2.05) is 24.3 Å². The van der Waals surface area contributed by atoms with E-state index in [4.69, 9.17) is 12.2 Å². The highest BCUT2D eigenvalue weighted by Crippen LogP contribution is 2.14. The molecule has 2 aromatic rings. The molecule has 6 nitrogen and oxygen atoms in total. The molecule has 0 spiro atoms. The number of tetrazole rings is 1. The van der Waals surface area contributed by atoms with Crippen molar-refractivity contribution in [3.05, 3.63) is 29.0 Å². The van der Waals surface area contributed by atoms with Gasteiger partial charge in [0.1, 0.15) is 0 Å². The van der Waals surface area contributed by atoms with Crippen molar-refractivity contribution in [3.8, 4) is 5.69 Å². The second-order valence-corrected chi connectivity index (χ2v) is 5.72. The highest BCUT2D eigenvalue weighted by molar-refractivity contribution is 7.99. The summed E-state index contributed by atoms with van der Waals surface area (Å²) in [5, 5.41) is 12.9. The van der Waals surface area contributed by atoms with E-state index in [0.717, 1.165) is 22.9 Å². The van der Waals surface area contributed by atoms with Crippen molar-refractivity contribution in [2.24, 2.45) is 0 Å². The number of anilines is 1. The van der Waals surface area contributed by atoms with Crippen molar-refractivity contribution >= 4 is 35.6 Å². The highest BCUT2D eigenvalue weighted by atomic mass is 32.2. The number of amides is 1. The Morgan fingerprint density at radius 1 is 1.55 bits per heavy atom. The fourth-order valence-electron chi connectivity index (χ4n) is 1.62. The molecule has 0 atom stereocenters. The third-order valence-corrected chi connectivity index (χ3v) is 3.70. The summed E-state index contributed by atoms with van der Waals surface area (Å²) in [6.45, 7) is 2.08. The summed E-state index contributed by atoms with van der Waals surface area (Å²) in [5.74, 6) is 1.86. The summed E-state index contributed by atoms with van der Waals surface area (Å²) in [4.78, 5) is 11.8. The molecule has 0 unspecified atom stereocenters. The monoisotopic (exact) mass is 309 g/mol. The number of rotatable bonds is 6. The predicted octanol–water partition coefficient (Wildman–Crippen LogP) is 2.41. The van der Waals surface area contributed by atoms with Gasteiger partial charge in [-0.3, -0.25) is 4.79 Å². The van der Waals surface area contributed by atoms with Gasteiger partial charge in [0, 0.05) is 17.9 Å². The molecule has 1 aromatic carbocycles. The lowest BCUT2D eigenvalue weighted by Gasteiger charge is -2.07. The molecule has 0 aliphatic carbocycles. The molecule has 1 heterocycles. The van der Waals surface area contributed by atoms with E-state index in [1.54, 1.807) is 16.4 Å². The number of thioether (sulfide) groups is 1. The first-order valence-corrected chi connectivity index (χ1v) is 7.75. The van der Waals surface area contributed by atoms with E-state index in [0.29, 0.717) is 11.2 Å². The maximum atomic E-state index is 11.8. The van der Waals surface area contributed by atoms with Gasteiger partial charge in [0.15, 0.2) is 0 Å². The Morgan fingerprint density at radius 3 is 3.10 bits per heavy atom. The van der Waals surface area contributed by atoms with Gasteiger partial charge >= 0.3 is 0 Å². The number of hydrogen-bond donors (Lipinski definition) is 2. The van der Waals surface area contributed by atoms with Crippen molar-refractivity contribution in [2.45, 2.75) is 13.3 Å². The molecule has 8 heteroatoms. The van der Waals surface area contributed by atoms with Gasteiger partial charge < -0.3 is 5.32 Å². The number of benzene rings is 1. The third kappa shape index (κ3) is 3.91. The van der Waals surface area contributed by atoms with Crippen LogP contribution in [0.2, 0.25) is 0 Å². The number of hydrogen-bond acceptors (Lipinski definition) is 5. The third-order valence-electron chi connectivity index (χ3n) is 2.54. The van der Waals surface area contributed by atoms with Crippen LogP contribution in [0.25, 0.3) is 5.69 Å². The molecule has 0 saturated heterocycles. The zero-order valence-electron chi connectivity index (χ0n) is 11.0. The summed E-state index contributed by atoms with van der Waals surface area (Å²) in [6.07, 6.45) is 0.508. The van der Waals surface area contributed by atoms with Gasteiger partial charge in [-0.15, -0.1) is 0 Å². The quantitative estimate of drug-likeness (QED) is 0.633. The topological polar surface area (TPSA) is 75.6 Å². The first kappa shape index (κ1) is 14.7. The van der Waals surface area contributed by atoms with E-state index >= 15 is 0 Å². The molecular formula is C12H15N5OS2. The number of carbonyl (C=O) groups excluding carboxylic acids is 1. The Balaban J connectivity index is 2.05. The molecule has 2 N–H and O–H groups in total. The summed E-state index contributed by atoms with van der Waals surface area (Å²) >= 11 is 6.79. The number of aromatic nitrogens is 4. The van der Waals surface area contributed by atoms with Gasteiger partial charge in [0.25, 0.3) is 0 Å². The van der Waals surface area contributed by atoms with Gasteiger partial charge in [0.05, 0.1) is 5.69 Å². The average Bonchev–Trinajstić information content (AvgIpc) is 2.85. The molecule has 0 saturated carbocycles. The number of nitrogens with zero attached hydrogens (tertiary/aromatic N) is 3. The molecule has 1 aromatic heterocycles. The van der Waals surface area contributed by atoms with E-state index < -0.39 is 0 Å². The Kier molecular flexibility index (Phi) is 5.31. The van der Waals surface area contributed by atoms with Crippen LogP contribution in [-0.2, 0) is 4.79 Å². The largest absolute Gasteiger partial charge is 0.326 e. The standard InChI is InChI=1S/C12H15N5OS2/c1-2-20-7-6-11(18)13-9-4-3-5-10(8-9)17-12(19)14-15-16-17/h3-5,8H,2,6-7H2,1H3,(H,13,18)(H,14,16,19). The molecule has 2 rings (SSSR count). The molecule has 106 valence electrons. The van der Waals surface area contributed by atoms with Gasteiger partial charge in [-0.25, -0.2) is 4.68 Å². The van der Waals surface area contributed by atoms with Crippen LogP contribution in [0.4, 0.5) is 5.69 Å². The highest BCUT2D eigenvalue weighted by Gasteiger charge is 2.05. The molecule has 1 amide bonds. The zero-order chi connectivity index (χ0) is 14.4. The molecule has 0 aliphatic heterocycles. The van der Waals surface area contributed by atoms with E-state index in [1.165, 1.54) is 0 Å². The zero-order valence-corrected chi connectivity index (χ0v) is 12.6. The Hall–Kier alpha value is -1.67. The van der Waals surface area contributed by atoms with Crippen LogP contribution in [0.15, 0.2) is 24.3 Å². The van der Waals surface area contributed by atoms with Crippen LogP contribution >= 0.6 is 24.0 Å². The summed E-state index contributed by atoms with van der Waals surface area (Å²) in [5.41, 5.74) is 1.51. The minimum absolute atomic E-state index is 0.00873. The summed E-state index contributed by atoms with van der Waals surface area (Å²) in [7, 11) is 0. The fourth-order valence-corrected chi connectivity index (χ4v) is 2.43. The smallest absolute Gasteiger partial charge is 0.242 e. The lowest BCUT2D eigenvalue weighted by Crippen LogP contribution is -2.12. The van der Waals surface area contributed by atoms with Gasteiger partial charge in [-0.05, 0) is 36.2 Å². The predicted molar refractivity (Wildman–Crippen MR) is 82.8 cm³/mol. The van der Waals surface area contributed by atoms with Crippen LogP contribution < -0.4 is 5.32 Å². The van der Waals surface area contributed by atoms with Crippen molar-refractivity contribution in [3.63, 3.8) is 0 Å². The lowest BCUT2D eigenvalue weighted by molar-refractivity contribution is -0.115. The van der Waals surface area contributed by atoms with Crippen LogP contribution in [0.3, 0.4) is 0 Å². The summed E-state index contributed by atoms with van der Waals surface area (Å²) < 4.78 is 1.91. The maximum absolute atomic E-state index is 11.8. The Morgan fingerprint density at radius 2 is 2.40 bits per heavy atom. The number of H-pyrrole nitrogens is 1. The number of carbonyl (C=O) groups is 1. The summed E-state index contributed by atoms with van der Waals surface area (Å²) in [6, 6.07) is 7.36. The molecule has 0 fully saturated rings. The first-order valence-electron chi connectivity index (χ1n) is 6.19. The van der Waals surface area contributed by atoms with E-state index in [9.17, 15) is 4.79 Å². The molecule has 0 radical (unpaired) electrons. The Bertz CT molecular complexity index is 637.